The highest BCUT2D eigenvalue weighted by Gasteiger charge is 2.33. The molecular weight excluding hydrogens is 310 g/mol. The highest BCUT2D eigenvalue weighted by Crippen LogP contribution is 2.28. The zero-order valence-electron chi connectivity index (χ0n) is 14.2. The van der Waals surface area contributed by atoms with Crippen LogP contribution < -0.4 is 14.8 Å². The minimum absolute atomic E-state index is 0.00381. The number of likely N-dealkylation sites (tertiary alicyclic amines) is 1. The van der Waals surface area contributed by atoms with Crippen molar-refractivity contribution in [1.29, 1.82) is 0 Å². The zero-order valence-corrected chi connectivity index (χ0v) is 14.2. The summed E-state index contributed by atoms with van der Waals surface area (Å²) in [6.45, 7) is 4.20. The van der Waals surface area contributed by atoms with Crippen LogP contribution in [0.25, 0.3) is 0 Å². The van der Waals surface area contributed by atoms with Crippen LogP contribution >= 0.6 is 0 Å². The first-order valence-electron chi connectivity index (χ1n) is 8.28. The maximum atomic E-state index is 12.1. The number of morpholine rings is 1. The van der Waals surface area contributed by atoms with Gasteiger partial charge in [-0.1, -0.05) is 12.1 Å². The second-order valence-electron chi connectivity index (χ2n) is 6.24. The number of ether oxygens (including phenoxy) is 3. The summed E-state index contributed by atoms with van der Waals surface area (Å²) in [5, 5.41) is 2.94. The van der Waals surface area contributed by atoms with Gasteiger partial charge in [0.2, 0.25) is 0 Å². The topological polar surface area (TPSA) is 63.3 Å². The summed E-state index contributed by atoms with van der Waals surface area (Å²) in [5.74, 6) is 1.42. The van der Waals surface area contributed by atoms with Crippen LogP contribution in [-0.4, -0.2) is 81.5 Å². The molecule has 2 fully saturated rings. The number of carbonyl (C=O) groups excluding carboxylic acids is 1. The van der Waals surface area contributed by atoms with Crippen molar-refractivity contribution in [2.75, 3.05) is 53.5 Å². The Morgan fingerprint density at radius 1 is 1.29 bits per heavy atom. The SMILES string of the molecule is COc1ccccc1OC1CN(C(=O)NC[C@H]2CN(C)CCO2)C1. The zero-order chi connectivity index (χ0) is 16.9. The molecule has 1 aromatic rings. The van der Waals surface area contributed by atoms with Gasteiger partial charge in [-0.15, -0.1) is 0 Å². The molecule has 1 aromatic carbocycles. The smallest absolute Gasteiger partial charge is 0.317 e. The summed E-state index contributed by atoms with van der Waals surface area (Å²) in [6, 6.07) is 7.48. The molecule has 24 heavy (non-hydrogen) atoms. The third-order valence-corrected chi connectivity index (χ3v) is 4.32. The molecule has 0 spiro atoms. The quantitative estimate of drug-likeness (QED) is 0.862. The van der Waals surface area contributed by atoms with Gasteiger partial charge < -0.3 is 29.3 Å². The molecule has 0 unspecified atom stereocenters. The van der Waals surface area contributed by atoms with E-state index in [1.807, 2.05) is 24.3 Å². The van der Waals surface area contributed by atoms with Crippen molar-refractivity contribution in [3.05, 3.63) is 24.3 Å². The largest absolute Gasteiger partial charge is 0.493 e. The van der Waals surface area contributed by atoms with Crippen LogP contribution in [-0.2, 0) is 4.74 Å². The van der Waals surface area contributed by atoms with Crippen LogP contribution in [0.5, 0.6) is 11.5 Å². The fraction of sp³-hybridized carbons (Fsp3) is 0.588. The molecule has 0 aromatic heterocycles. The van der Waals surface area contributed by atoms with Gasteiger partial charge in [0.25, 0.3) is 0 Å². The Morgan fingerprint density at radius 2 is 2.04 bits per heavy atom. The highest BCUT2D eigenvalue weighted by molar-refractivity contribution is 5.75. The monoisotopic (exact) mass is 335 g/mol. The number of likely N-dealkylation sites (N-methyl/N-ethyl adjacent to an activating group) is 1. The van der Waals surface area contributed by atoms with Gasteiger partial charge in [0, 0.05) is 19.6 Å². The lowest BCUT2D eigenvalue weighted by molar-refractivity contribution is -0.0185. The van der Waals surface area contributed by atoms with Crippen LogP contribution in [0.15, 0.2) is 24.3 Å². The number of rotatable bonds is 5. The second-order valence-corrected chi connectivity index (χ2v) is 6.24. The molecule has 7 nitrogen and oxygen atoms in total. The number of nitrogens with zero attached hydrogens (tertiary/aromatic N) is 2. The van der Waals surface area contributed by atoms with Crippen LogP contribution in [0.3, 0.4) is 0 Å². The van der Waals surface area contributed by atoms with Crippen LogP contribution in [0, 0.1) is 0 Å². The number of benzene rings is 1. The Balaban J connectivity index is 1.39. The minimum atomic E-state index is -0.0632. The van der Waals surface area contributed by atoms with Crippen molar-refractivity contribution in [2.24, 2.45) is 0 Å². The lowest BCUT2D eigenvalue weighted by Crippen LogP contribution is -2.60. The number of hydrogen-bond donors (Lipinski definition) is 1. The molecule has 2 saturated heterocycles. The van der Waals surface area contributed by atoms with Gasteiger partial charge in [-0.25, -0.2) is 4.79 Å². The Hall–Kier alpha value is -1.99. The fourth-order valence-electron chi connectivity index (χ4n) is 2.88. The van der Waals surface area contributed by atoms with E-state index in [-0.39, 0.29) is 18.2 Å². The number of carbonyl (C=O) groups is 1. The molecule has 2 aliphatic rings. The van der Waals surface area contributed by atoms with E-state index in [4.69, 9.17) is 14.2 Å². The molecule has 7 heteroatoms. The standard InChI is InChI=1S/C17H25N3O4/c1-19-7-8-23-13(10-19)9-18-17(21)20-11-14(12-20)24-16-6-4-3-5-15(16)22-2/h3-6,13-14H,7-12H2,1-2H3,(H,18,21)/t13-/m0/s1. The third-order valence-electron chi connectivity index (χ3n) is 4.32. The minimum Gasteiger partial charge on any atom is -0.493 e. The van der Waals surface area contributed by atoms with E-state index in [1.54, 1.807) is 12.0 Å². The average molecular weight is 335 g/mol. The number of methoxy groups -OCH3 is 1. The maximum absolute atomic E-state index is 12.1. The lowest BCUT2D eigenvalue weighted by Gasteiger charge is -2.39. The van der Waals surface area contributed by atoms with Gasteiger partial charge in [-0.2, -0.15) is 0 Å². The molecule has 2 aliphatic heterocycles. The van der Waals surface area contributed by atoms with Crippen molar-refractivity contribution in [1.82, 2.24) is 15.1 Å². The number of amides is 2. The lowest BCUT2D eigenvalue weighted by atomic mass is 10.2. The van der Waals surface area contributed by atoms with Crippen LogP contribution in [0.2, 0.25) is 0 Å². The average Bonchev–Trinajstić information content (AvgIpc) is 2.56. The van der Waals surface area contributed by atoms with Crippen molar-refractivity contribution in [3.8, 4) is 11.5 Å². The first-order valence-corrected chi connectivity index (χ1v) is 8.28. The van der Waals surface area contributed by atoms with E-state index in [2.05, 4.69) is 17.3 Å². The summed E-state index contributed by atoms with van der Waals surface area (Å²) >= 11 is 0. The summed E-state index contributed by atoms with van der Waals surface area (Å²) in [5.41, 5.74) is 0. The van der Waals surface area contributed by atoms with E-state index in [0.717, 1.165) is 19.7 Å². The highest BCUT2D eigenvalue weighted by atomic mass is 16.5. The molecule has 0 aliphatic carbocycles. The summed E-state index contributed by atoms with van der Waals surface area (Å²) in [7, 11) is 3.68. The van der Waals surface area contributed by atoms with Gasteiger partial charge >= 0.3 is 6.03 Å². The predicted molar refractivity (Wildman–Crippen MR) is 89.6 cm³/mol. The molecule has 2 amide bonds. The first-order chi connectivity index (χ1) is 11.7. The van der Waals surface area contributed by atoms with E-state index in [9.17, 15) is 4.79 Å². The Kier molecular flexibility index (Phi) is 5.42. The molecule has 1 N–H and O–H groups in total. The van der Waals surface area contributed by atoms with Crippen LogP contribution in [0.1, 0.15) is 0 Å². The number of urea groups is 1. The molecule has 0 radical (unpaired) electrons. The fourth-order valence-corrected chi connectivity index (χ4v) is 2.88. The predicted octanol–water partition coefficient (Wildman–Crippen LogP) is 0.798. The summed E-state index contributed by atoms with van der Waals surface area (Å²) in [4.78, 5) is 16.1. The van der Waals surface area contributed by atoms with Gasteiger partial charge in [-0.3, -0.25) is 0 Å². The molecule has 1 atom stereocenters. The van der Waals surface area contributed by atoms with Crippen molar-refractivity contribution in [3.63, 3.8) is 0 Å². The number of hydrogen-bond acceptors (Lipinski definition) is 5. The first kappa shape index (κ1) is 16.9. The molecular formula is C17H25N3O4. The Morgan fingerprint density at radius 3 is 2.75 bits per heavy atom. The number of nitrogens with one attached hydrogen (secondary N) is 1. The normalized spacial score (nSPS) is 21.9. The maximum Gasteiger partial charge on any atom is 0.317 e. The molecule has 0 saturated carbocycles. The summed E-state index contributed by atoms with van der Waals surface area (Å²) in [6.07, 6.45) is 0.0683. The second kappa shape index (κ2) is 7.72. The Bertz CT molecular complexity index is 563. The van der Waals surface area contributed by atoms with E-state index >= 15 is 0 Å². The summed E-state index contributed by atoms with van der Waals surface area (Å²) < 4.78 is 16.8. The van der Waals surface area contributed by atoms with Crippen LogP contribution in [0.4, 0.5) is 4.79 Å². The van der Waals surface area contributed by atoms with Gasteiger partial charge in [0.15, 0.2) is 11.5 Å². The van der Waals surface area contributed by atoms with E-state index in [0.29, 0.717) is 31.1 Å². The Labute approximate surface area is 142 Å². The van der Waals surface area contributed by atoms with Gasteiger partial charge in [-0.05, 0) is 19.2 Å². The van der Waals surface area contributed by atoms with Crippen molar-refractivity contribution < 1.29 is 19.0 Å². The molecule has 0 bridgehead atoms. The molecule has 132 valence electrons. The molecule has 2 heterocycles. The van der Waals surface area contributed by atoms with Gasteiger partial charge in [0.05, 0.1) is 32.9 Å². The third kappa shape index (κ3) is 4.10. The molecule has 3 rings (SSSR count). The van der Waals surface area contributed by atoms with Crippen molar-refractivity contribution >= 4 is 6.03 Å². The van der Waals surface area contributed by atoms with Crippen molar-refractivity contribution in [2.45, 2.75) is 12.2 Å². The van der Waals surface area contributed by atoms with E-state index in [1.165, 1.54) is 0 Å². The number of para-hydroxylation sites is 2. The van der Waals surface area contributed by atoms with Gasteiger partial charge in [0.1, 0.15) is 6.10 Å². The van der Waals surface area contributed by atoms with E-state index < -0.39 is 0 Å².